The van der Waals surface area contributed by atoms with E-state index in [1.54, 1.807) is 15.6 Å². The summed E-state index contributed by atoms with van der Waals surface area (Å²) in [6.07, 6.45) is 2.57. The lowest BCUT2D eigenvalue weighted by Gasteiger charge is -2.22. The van der Waals surface area contributed by atoms with Crippen molar-refractivity contribution in [2.75, 3.05) is 26.2 Å². The number of nitrogens with zero attached hydrogens (tertiary/aromatic N) is 5. The van der Waals surface area contributed by atoms with Crippen LogP contribution in [0.3, 0.4) is 0 Å². The van der Waals surface area contributed by atoms with E-state index in [2.05, 4.69) is 10.1 Å². The van der Waals surface area contributed by atoms with Gasteiger partial charge in [0.2, 0.25) is 0 Å². The lowest BCUT2D eigenvalue weighted by Crippen LogP contribution is -2.37. The molecule has 2 aromatic rings. The largest absolute Gasteiger partial charge is 0.337 e. The van der Waals surface area contributed by atoms with Gasteiger partial charge in [-0.05, 0) is 45.4 Å². The van der Waals surface area contributed by atoms with Crippen molar-refractivity contribution in [1.82, 2.24) is 24.6 Å². The number of aromatic nitrogens is 3. The lowest BCUT2D eigenvalue weighted by atomic mass is 10.1. The Kier molecular flexibility index (Phi) is 5.35. The van der Waals surface area contributed by atoms with Crippen molar-refractivity contribution >= 4 is 11.8 Å². The molecular formula is C19H25N5O2. The number of hydrogen-bond acceptors (Lipinski definition) is 4. The summed E-state index contributed by atoms with van der Waals surface area (Å²) in [5, 5.41) is 4.29. The molecule has 1 fully saturated rings. The van der Waals surface area contributed by atoms with E-state index in [4.69, 9.17) is 0 Å². The molecule has 1 aliphatic rings. The maximum absolute atomic E-state index is 12.8. The Balaban J connectivity index is 1.67. The van der Waals surface area contributed by atoms with Crippen molar-refractivity contribution in [2.24, 2.45) is 0 Å². The van der Waals surface area contributed by atoms with Gasteiger partial charge < -0.3 is 9.80 Å². The average Bonchev–Trinajstić information content (AvgIpc) is 2.96. The Hall–Kier alpha value is -2.70. The van der Waals surface area contributed by atoms with Gasteiger partial charge in [0, 0.05) is 55.9 Å². The molecule has 26 heavy (non-hydrogen) atoms. The molecule has 0 unspecified atom stereocenters. The topological polar surface area (TPSA) is 71.3 Å². The Morgan fingerprint density at radius 1 is 1.00 bits per heavy atom. The van der Waals surface area contributed by atoms with E-state index in [1.165, 1.54) is 0 Å². The number of carbonyl (C=O) groups excluding carboxylic acids is 2. The van der Waals surface area contributed by atoms with Gasteiger partial charge in [0.1, 0.15) is 5.69 Å². The zero-order chi connectivity index (χ0) is 18.7. The summed E-state index contributed by atoms with van der Waals surface area (Å²) >= 11 is 0. The molecule has 138 valence electrons. The quantitative estimate of drug-likeness (QED) is 0.843. The first kappa shape index (κ1) is 18.1. The van der Waals surface area contributed by atoms with Crippen molar-refractivity contribution in [3.8, 4) is 0 Å². The molecule has 7 nitrogen and oxygen atoms in total. The average molecular weight is 355 g/mol. The molecule has 0 radical (unpaired) electrons. The van der Waals surface area contributed by atoms with Crippen LogP contribution in [-0.4, -0.2) is 62.6 Å². The van der Waals surface area contributed by atoms with Gasteiger partial charge in [-0.3, -0.25) is 19.3 Å². The van der Waals surface area contributed by atoms with Crippen molar-refractivity contribution in [3.63, 3.8) is 0 Å². The molecule has 3 rings (SSSR count). The number of hydrogen-bond donors (Lipinski definition) is 0. The summed E-state index contributed by atoms with van der Waals surface area (Å²) in [6, 6.07) is 5.39. The fourth-order valence-electron chi connectivity index (χ4n) is 3.28. The fraction of sp³-hybridized carbons (Fsp3) is 0.474. The molecule has 0 atom stereocenters. The highest BCUT2D eigenvalue weighted by atomic mass is 16.2. The van der Waals surface area contributed by atoms with Crippen molar-refractivity contribution in [3.05, 3.63) is 47.0 Å². The van der Waals surface area contributed by atoms with E-state index < -0.39 is 0 Å². The number of amides is 2. The van der Waals surface area contributed by atoms with E-state index in [-0.39, 0.29) is 11.8 Å². The molecule has 0 saturated carbocycles. The maximum atomic E-state index is 12.8. The predicted molar refractivity (Wildman–Crippen MR) is 98.0 cm³/mol. The molecule has 0 spiro atoms. The molecule has 0 aromatic carbocycles. The van der Waals surface area contributed by atoms with Gasteiger partial charge in [0.15, 0.2) is 0 Å². The molecule has 0 aliphatic carbocycles. The summed E-state index contributed by atoms with van der Waals surface area (Å²) in [6.45, 7) is 8.83. The van der Waals surface area contributed by atoms with Crippen molar-refractivity contribution < 1.29 is 9.59 Å². The second kappa shape index (κ2) is 7.68. The van der Waals surface area contributed by atoms with E-state index in [0.29, 0.717) is 37.4 Å². The Bertz CT molecular complexity index is 794. The van der Waals surface area contributed by atoms with Crippen LogP contribution in [-0.2, 0) is 6.54 Å². The SMILES string of the molecule is CCn1ccc(C(=O)N2CCCN(C(=O)c3cc(C)nc(C)c3)CC2)n1. The van der Waals surface area contributed by atoms with Crippen molar-refractivity contribution in [2.45, 2.75) is 33.7 Å². The third kappa shape index (κ3) is 3.92. The first-order valence-corrected chi connectivity index (χ1v) is 9.05. The minimum atomic E-state index is -0.0675. The first-order chi connectivity index (χ1) is 12.5. The van der Waals surface area contributed by atoms with E-state index in [0.717, 1.165) is 24.4 Å². The minimum absolute atomic E-state index is 0.00293. The highest BCUT2D eigenvalue weighted by Crippen LogP contribution is 2.13. The molecule has 0 N–H and O–H groups in total. The van der Waals surface area contributed by atoms with Gasteiger partial charge >= 0.3 is 0 Å². The van der Waals surface area contributed by atoms with Crippen LogP contribution in [0.1, 0.15) is 45.6 Å². The number of aryl methyl sites for hydroxylation is 3. The maximum Gasteiger partial charge on any atom is 0.274 e. The lowest BCUT2D eigenvalue weighted by molar-refractivity contribution is 0.0715. The van der Waals surface area contributed by atoms with Crippen LogP contribution in [0.15, 0.2) is 24.4 Å². The normalized spacial score (nSPS) is 15.0. The summed E-state index contributed by atoms with van der Waals surface area (Å²) in [5.74, 6) is -0.0646. The van der Waals surface area contributed by atoms with E-state index >= 15 is 0 Å². The zero-order valence-corrected chi connectivity index (χ0v) is 15.6. The van der Waals surface area contributed by atoms with Crippen LogP contribution in [0.25, 0.3) is 0 Å². The monoisotopic (exact) mass is 355 g/mol. The van der Waals surface area contributed by atoms with Gasteiger partial charge in [-0.2, -0.15) is 5.10 Å². The number of pyridine rings is 1. The standard InChI is InChI=1S/C19H25N5O2/c1-4-24-9-6-17(21-24)19(26)23-8-5-7-22(10-11-23)18(25)16-12-14(2)20-15(3)13-16/h6,9,12-13H,4-5,7-8,10-11H2,1-3H3. The third-order valence-corrected chi connectivity index (χ3v) is 4.58. The highest BCUT2D eigenvalue weighted by Gasteiger charge is 2.24. The van der Waals surface area contributed by atoms with Gasteiger partial charge in [0.25, 0.3) is 11.8 Å². The Labute approximate surface area is 153 Å². The molecule has 1 aliphatic heterocycles. The summed E-state index contributed by atoms with van der Waals surface area (Å²) in [4.78, 5) is 33.4. The summed E-state index contributed by atoms with van der Waals surface area (Å²) < 4.78 is 1.75. The summed E-state index contributed by atoms with van der Waals surface area (Å²) in [7, 11) is 0. The van der Waals surface area contributed by atoms with Crippen LogP contribution in [0, 0.1) is 13.8 Å². The molecule has 1 saturated heterocycles. The van der Waals surface area contributed by atoms with Crippen LogP contribution < -0.4 is 0 Å². The van der Waals surface area contributed by atoms with Crippen LogP contribution in [0.5, 0.6) is 0 Å². The number of carbonyl (C=O) groups is 2. The third-order valence-electron chi connectivity index (χ3n) is 4.58. The van der Waals surface area contributed by atoms with E-state index in [1.807, 2.05) is 44.0 Å². The number of rotatable bonds is 3. The first-order valence-electron chi connectivity index (χ1n) is 9.05. The van der Waals surface area contributed by atoms with Crippen LogP contribution >= 0.6 is 0 Å². The van der Waals surface area contributed by atoms with Gasteiger partial charge in [-0.15, -0.1) is 0 Å². The van der Waals surface area contributed by atoms with Gasteiger partial charge in [-0.1, -0.05) is 0 Å². The minimum Gasteiger partial charge on any atom is -0.337 e. The predicted octanol–water partition coefficient (Wildman–Crippen LogP) is 1.90. The second-order valence-electron chi connectivity index (χ2n) is 6.63. The Morgan fingerprint density at radius 3 is 2.19 bits per heavy atom. The molecule has 2 amide bonds. The van der Waals surface area contributed by atoms with Gasteiger partial charge in [0.05, 0.1) is 0 Å². The highest BCUT2D eigenvalue weighted by molar-refractivity contribution is 5.95. The van der Waals surface area contributed by atoms with Crippen molar-refractivity contribution in [1.29, 1.82) is 0 Å². The zero-order valence-electron chi connectivity index (χ0n) is 15.6. The fourth-order valence-corrected chi connectivity index (χ4v) is 3.28. The van der Waals surface area contributed by atoms with Crippen LogP contribution in [0.2, 0.25) is 0 Å². The molecule has 3 heterocycles. The Morgan fingerprint density at radius 2 is 1.62 bits per heavy atom. The van der Waals surface area contributed by atoms with E-state index in [9.17, 15) is 9.59 Å². The van der Waals surface area contributed by atoms with Crippen LogP contribution in [0.4, 0.5) is 0 Å². The molecular weight excluding hydrogens is 330 g/mol. The molecule has 0 bridgehead atoms. The molecule has 2 aromatic heterocycles. The smallest absolute Gasteiger partial charge is 0.274 e. The molecule has 7 heteroatoms. The second-order valence-corrected chi connectivity index (χ2v) is 6.63. The van der Waals surface area contributed by atoms with Gasteiger partial charge in [-0.25, -0.2) is 0 Å². The summed E-state index contributed by atoms with van der Waals surface area (Å²) in [5.41, 5.74) is 2.81.